The third-order valence-electron chi connectivity index (χ3n) is 2.34. The van der Waals surface area contributed by atoms with Crippen LogP contribution in [0, 0.1) is 5.92 Å². The molecule has 0 radical (unpaired) electrons. The first-order chi connectivity index (χ1) is 7.16. The normalized spacial score (nSPS) is 11.1. The van der Waals surface area contributed by atoms with Crippen LogP contribution >= 0.6 is 0 Å². The molecule has 1 aromatic carbocycles. The lowest BCUT2D eigenvalue weighted by Crippen LogP contribution is -2.03. The van der Waals surface area contributed by atoms with E-state index in [-0.39, 0.29) is 5.78 Å². The monoisotopic (exact) mass is 202 g/mol. The van der Waals surface area contributed by atoms with Crippen LogP contribution in [0.4, 0.5) is 0 Å². The van der Waals surface area contributed by atoms with Crippen LogP contribution < -0.4 is 0 Å². The van der Waals surface area contributed by atoms with E-state index in [0.29, 0.717) is 12.3 Å². The number of carbonyl (C=O) groups is 1. The second-order valence-corrected chi connectivity index (χ2v) is 4.16. The number of carbonyl (C=O) groups excluding carboxylic acids is 1. The van der Waals surface area contributed by atoms with Gasteiger partial charge in [-0.1, -0.05) is 13.8 Å². The van der Waals surface area contributed by atoms with E-state index in [9.17, 15) is 4.79 Å². The topological polar surface area (TPSA) is 45.8 Å². The highest BCUT2D eigenvalue weighted by molar-refractivity contribution is 5.98. The fourth-order valence-corrected chi connectivity index (χ4v) is 1.60. The van der Waals surface area contributed by atoms with Gasteiger partial charge in [0.2, 0.25) is 0 Å². The molecule has 0 aliphatic carbocycles. The zero-order valence-corrected chi connectivity index (χ0v) is 8.95. The molecule has 0 saturated carbocycles. The van der Waals surface area contributed by atoms with Crippen LogP contribution in [0.3, 0.4) is 0 Å². The lowest BCUT2D eigenvalue weighted by atomic mass is 10.0. The smallest absolute Gasteiger partial charge is 0.163 e. The molecule has 0 atom stereocenters. The fourth-order valence-electron chi connectivity index (χ4n) is 1.60. The predicted molar refractivity (Wildman–Crippen MR) is 59.9 cm³/mol. The molecule has 0 bridgehead atoms. The molecule has 3 nitrogen and oxygen atoms in total. The number of nitrogens with one attached hydrogen (secondary N) is 1. The Kier molecular flexibility index (Phi) is 2.54. The van der Waals surface area contributed by atoms with Crippen molar-refractivity contribution in [1.29, 1.82) is 0 Å². The minimum atomic E-state index is 0.196. The van der Waals surface area contributed by atoms with Crippen molar-refractivity contribution in [2.24, 2.45) is 5.92 Å². The van der Waals surface area contributed by atoms with Gasteiger partial charge < -0.3 is 4.98 Å². The van der Waals surface area contributed by atoms with Crippen LogP contribution in [-0.2, 0) is 0 Å². The van der Waals surface area contributed by atoms with Crippen LogP contribution in [0.5, 0.6) is 0 Å². The number of benzene rings is 1. The number of Topliss-reactive ketones (excluding diaryl/α,β-unsaturated/α-hetero) is 1. The average Bonchev–Trinajstić information content (AvgIpc) is 2.62. The van der Waals surface area contributed by atoms with E-state index in [2.05, 4.69) is 9.97 Å². The summed E-state index contributed by atoms with van der Waals surface area (Å²) in [6.07, 6.45) is 2.24. The van der Waals surface area contributed by atoms with Crippen molar-refractivity contribution in [3.05, 3.63) is 30.1 Å². The van der Waals surface area contributed by atoms with E-state index in [0.717, 1.165) is 16.6 Å². The summed E-state index contributed by atoms with van der Waals surface area (Å²) in [6, 6.07) is 5.58. The van der Waals surface area contributed by atoms with Gasteiger partial charge in [0.05, 0.1) is 17.4 Å². The van der Waals surface area contributed by atoms with Crippen LogP contribution in [0.25, 0.3) is 11.0 Å². The number of imidazole rings is 1. The molecule has 15 heavy (non-hydrogen) atoms. The molecule has 0 spiro atoms. The molecular formula is C12H14N2O. The van der Waals surface area contributed by atoms with Crippen LogP contribution in [0.15, 0.2) is 24.5 Å². The van der Waals surface area contributed by atoms with E-state index in [1.54, 1.807) is 6.33 Å². The van der Waals surface area contributed by atoms with Gasteiger partial charge in [0.1, 0.15) is 0 Å². The molecule has 0 aliphatic heterocycles. The minimum Gasteiger partial charge on any atom is -0.345 e. The first-order valence-electron chi connectivity index (χ1n) is 5.13. The number of nitrogens with zero attached hydrogens (tertiary/aromatic N) is 1. The second kappa shape index (κ2) is 3.85. The van der Waals surface area contributed by atoms with Crippen molar-refractivity contribution in [1.82, 2.24) is 9.97 Å². The summed E-state index contributed by atoms with van der Waals surface area (Å²) in [4.78, 5) is 18.9. The Labute approximate surface area is 88.5 Å². The summed E-state index contributed by atoms with van der Waals surface area (Å²) in [6.45, 7) is 4.10. The van der Waals surface area contributed by atoms with Crippen LogP contribution in [0.1, 0.15) is 30.6 Å². The molecular weight excluding hydrogens is 188 g/mol. The zero-order valence-electron chi connectivity index (χ0n) is 8.95. The average molecular weight is 202 g/mol. The number of aromatic amines is 1. The maximum Gasteiger partial charge on any atom is 0.163 e. The molecule has 0 unspecified atom stereocenters. The molecule has 2 rings (SSSR count). The molecule has 0 saturated heterocycles. The molecule has 1 aromatic heterocycles. The maximum atomic E-state index is 11.8. The molecule has 0 fully saturated rings. The highest BCUT2D eigenvalue weighted by atomic mass is 16.1. The van der Waals surface area contributed by atoms with E-state index in [1.165, 1.54) is 0 Å². The fraction of sp³-hybridized carbons (Fsp3) is 0.333. The summed E-state index contributed by atoms with van der Waals surface area (Å²) in [7, 11) is 0. The number of aromatic nitrogens is 2. The first-order valence-corrected chi connectivity index (χ1v) is 5.13. The van der Waals surface area contributed by atoms with Gasteiger partial charge in [-0.15, -0.1) is 0 Å². The van der Waals surface area contributed by atoms with E-state index in [1.807, 2.05) is 32.0 Å². The van der Waals surface area contributed by atoms with Gasteiger partial charge in [-0.05, 0) is 24.1 Å². The number of H-pyrrole nitrogens is 1. The van der Waals surface area contributed by atoms with Gasteiger partial charge in [0.25, 0.3) is 0 Å². The van der Waals surface area contributed by atoms with Gasteiger partial charge in [0.15, 0.2) is 5.78 Å². The van der Waals surface area contributed by atoms with Crippen molar-refractivity contribution >= 4 is 16.8 Å². The number of hydrogen-bond donors (Lipinski definition) is 1. The Bertz CT molecular complexity index is 485. The highest BCUT2D eigenvalue weighted by Gasteiger charge is 2.09. The number of ketones is 1. The standard InChI is InChI=1S/C12H14N2O/c1-8(2)5-12(15)9-3-4-10-11(6-9)14-7-13-10/h3-4,6-8H,5H2,1-2H3,(H,13,14). The molecule has 3 heteroatoms. The van der Waals surface area contributed by atoms with Gasteiger partial charge in [-0.25, -0.2) is 4.98 Å². The van der Waals surface area contributed by atoms with Gasteiger partial charge in [-0.3, -0.25) is 4.79 Å². The summed E-state index contributed by atoms with van der Waals surface area (Å²) in [5, 5.41) is 0. The first kappa shape index (κ1) is 9.90. The maximum absolute atomic E-state index is 11.8. The molecule has 1 N–H and O–H groups in total. The molecule has 78 valence electrons. The SMILES string of the molecule is CC(C)CC(=O)c1ccc2nc[nH]c2c1. The largest absolute Gasteiger partial charge is 0.345 e. The number of rotatable bonds is 3. The van der Waals surface area contributed by atoms with Crippen molar-refractivity contribution in [2.45, 2.75) is 20.3 Å². The Morgan fingerprint density at radius 1 is 1.47 bits per heavy atom. The third kappa shape index (κ3) is 2.06. The summed E-state index contributed by atoms with van der Waals surface area (Å²) >= 11 is 0. The number of hydrogen-bond acceptors (Lipinski definition) is 2. The van der Waals surface area contributed by atoms with Crippen molar-refractivity contribution < 1.29 is 4.79 Å². The summed E-state index contributed by atoms with van der Waals surface area (Å²) in [5.74, 6) is 0.594. The van der Waals surface area contributed by atoms with E-state index < -0.39 is 0 Å². The molecule has 2 aromatic rings. The Balaban J connectivity index is 2.31. The van der Waals surface area contributed by atoms with E-state index >= 15 is 0 Å². The van der Waals surface area contributed by atoms with Gasteiger partial charge in [-0.2, -0.15) is 0 Å². The highest BCUT2D eigenvalue weighted by Crippen LogP contribution is 2.14. The number of fused-ring (bicyclic) bond motifs is 1. The van der Waals surface area contributed by atoms with Gasteiger partial charge in [0, 0.05) is 12.0 Å². The third-order valence-corrected chi connectivity index (χ3v) is 2.34. The molecule has 0 amide bonds. The Morgan fingerprint density at radius 2 is 2.27 bits per heavy atom. The second-order valence-electron chi connectivity index (χ2n) is 4.16. The quantitative estimate of drug-likeness (QED) is 0.778. The Hall–Kier alpha value is -1.64. The predicted octanol–water partition coefficient (Wildman–Crippen LogP) is 2.79. The summed E-state index contributed by atoms with van der Waals surface area (Å²) < 4.78 is 0. The van der Waals surface area contributed by atoms with Crippen molar-refractivity contribution in [3.8, 4) is 0 Å². The molecule has 0 aliphatic rings. The lowest BCUT2D eigenvalue weighted by Gasteiger charge is -2.03. The van der Waals surface area contributed by atoms with E-state index in [4.69, 9.17) is 0 Å². The zero-order chi connectivity index (χ0) is 10.8. The minimum absolute atomic E-state index is 0.196. The van der Waals surface area contributed by atoms with Gasteiger partial charge >= 0.3 is 0 Å². The summed E-state index contributed by atoms with van der Waals surface area (Å²) in [5.41, 5.74) is 2.58. The van der Waals surface area contributed by atoms with Crippen LogP contribution in [-0.4, -0.2) is 15.8 Å². The van der Waals surface area contributed by atoms with Crippen molar-refractivity contribution in [3.63, 3.8) is 0 Å². The van der Waals surface area contributed by atoms with Crippen molar-refractivity contribution in [2.75, 3.05) is 0 Å². The lowest BCUT2D eigenvalue weighted by molar-refractivity contribution is 0.0968. The Morgan fingerprint density at radius 3 is 3.00 bits per heavy atom. The van der Waals surface area contributed by atoms with Crippen LogP contribution in [0.2, 0.25) is 0 Å². The molecule has 1 heterocycles.